The number of nitrogens with one attached hydrogen (secondary N) is 1. The van der Waals surface area contributed by atoms with Gasteiger partial charge >= 0.3 is 0 Å². The van der Waals surface area contributed by atoms with Crippen molar-refractivity contribution in [3.63, 3.8) is 0 Å². The normalized spacial score (nSPS) is 13.8. The van der Waals surface area contributed by atoms with E-state index in [9.17, 15) is 8.42 Å². The minimum Gasteiger partial charge on any atom is -0.378 e. The Morgan fingerprint density at radius 2 is 1.68 bits per heavy atom. The third-order valence-electron chi connectivity index (χ3n) is 6.42. The van der Waals surface area contributed by atoms with Crippen LogP contribution in [0, 0.1) is 0 Å². The smallest absolute Gasteiger partial charge is 0.227 e. The molecule has 1 aliphatic rings. The summed E-state index contributed by atoms with van der Waals surface area (Å²) in [5, 5.41) is 7.74. The van der Waals surface area contributed by atoms with Gasteiger partial charge in [-0.2, -0.15) is 0 Å². The molecular formula is C28H26N8O3S. The van der Waals surface area contributed by atoms with Crippen molar-refractivity contribution in [3.8, 4) is 28.5 Å². The molecule has 11 nitrogen and oxygen atoms in total. The van der Waals surface area contributed by atoms with Gasteiger partial charge in [-0.25, -0.2) is 28.1 Å². The fourth-order valence-corrected chi connectivity index (χ4v) is 5.03. The van der Waals surface area contributed by atoms with Crippen LogP contribution in [0.3, 0.4) is 0 Å². The first kappa shape index (κ1) is 25.6. The monoisotopic (exact) mass is 554 g/mol. The minimum absolute atomic E-state index is 0.245. The van der Waals surface area contributed by atoms with Crippen molar-refractivity contribution in [2.75, 3.05) is 42.8 Å². The van der Waals surface area contributed by atoms with Crippen LogP contribution in [0.25, 0.3) is 28.5 Å². The standard InChI is InChI=1S/C28H26N8O3S/c1-40(37,38)24-17-20(16-23(18-24)35-12-14-39-15-13-35)25-9-11-30-28(33-25)32-21-5-7-22(8-6-21)36-19-31-27(34-36)26-4-2-3-10-29-26/h2-11,16-19H,12-15H2,1H3,(H,30,32,33). The molecule has 5 aromatic rings. The van der Waals surface area contributed by atoms with Crippen molar-refractivity contribution >= 4 is 27.2 Å². The molecule has 1 N–H and O–H groups in total. The molecule has 0 atom stereocenters. The van der Waals surface area contributed by atoms with Crippen molar-refractivity contribution in [1.29, 1.82) is 0 Å². The van der Waals surface area contributed by atoms with Gasteiger partial charge in [0.15, 0.2) is 15.7 Å². The Kier molecular flexibility index (Phi) is 6.93. The van der Waals surface area contributed by atoms with Gasteiger partial charge in [-0.1, -0.05) is 6.07 Å². The lowest BCUT2D eigenvalue weighted by Crippen LogP contribution is -2.36. The Hall–Kier alpha value is -4.68. The number of morpholine rings is 1. The molecular weight excluding hydrogens is 528 g/mol. The molecule has 1 aliphatic heterocycles. The van der Waals surface area contributed by atoms with E-state index in [0.29, 0.717) is 55.0 Å². The summed E-state index contributed by atoms with van der Waals surface area (Å²) in [5.74, 6) is 0.936. The second-order valence-electron chi connectivity index (χ2n) is 9.25. The third kappa shape index (κ3) is 5.67. The maximum Gasteiger partial charge on any atom is 0.227 e. The summed E-state index contributed by atoms with van der Waals surface area (Å²) in [6.45, 7) is 2.58. The van der Waals surface area contributed by atoms with Gasteiger partial charge in [0.1, 0.15) is 12.0 Å². The van der Waals surface area contributed by atoms with Crippen LogP contribution in [0.1, 0.15) is 0 Å². The van der Waals surface area contributed by atoms with Crippen LogP contribution in [0.5, 0.6) is 0 Å². The van der Waals surface area contributed by atoms with E-state index in [2.05, 4.69) is 35.3 Å². The second kappa shape index (κ2) is 10.8. The maximum absolute atomic E-state index is 12.5. The predicted molar refractivity (Wildman–Crippen MR) is 151 cm³/mol. The van der Waals surface area contributed by atoms with E-state index in [0.717, 1.165) is 17.1 Å². The quantitative estimate of drug-likeness (QED) is 0.317. The van der Waals surface area contributed by atoms with E-state index in [1.54, 1.807) is 41.6 Å². The van der Waals surface area contributed by atoms with E-state index in [1.807, 2.05) is 48.5 Å². The number of sulfone groups is 1. The molecule has 1 fully saturated rings. The Morgan fingerprint density at radius 3 is 2.42 bits per heavy atom. The van der Waals surface area contributed by atoms with Crippen LogP contribution in [0.2, 0.25) is 0 Å². The van der Waals surface area contributed by atoms with Gasteiger partial charge in [-0.05, 0) is 60.7 Å². The lowest BCUT2D eigenvalue weighted by molar-refractivity contribution is 0.122. The number of hydrogen-bond acceptors (Lipinski definition) is 10. The summed E-state index contributed by atoms with van der Waals surface area (Å²) >= 11 is 0. The summed E-state index contributed by atoms with van der Waals surface area (Å²) in [6.07, 6.45) is 6.22. The van der Waals surface area contributed by atoms with Gasteiger partial charge < -0.3 is 15.0 Å². The molecule has 0 spiro atoms. The molecule has 6 rings (SSSR count). The first-order valence-electron chi connectivity index (χ1n) is 12.6. The summed E-state index contributed by atoms with van der Waals surface area (Å²) < 4.78 is 32.1. The summed E-state index contributed by atoms with van der Waals surface area (Å²) in [5.41, 5.74) is 4.45. The minimum atomic E-state index is -3.43. The molecule has 3 aromatic heterocycles. The molecule has 0 unspecified atom stereocenters. The maximum atomic E-state index is 12.5. The van der Waals surface area contributed by atoms with Crippen molar-refractivity contribution in [2.24, 2.45) is 0 Å². The van der Waals surface area contributed by atoms with E-state index in [-0.39, 0.29) is 4.90 Å². The van der Waals surface area contributed by atoms with Gasteiger partial charge in [0.05, 0.1) is 29.5 Å². The molecule has 0 amide bonds. The number of hydrogen-bond donors (Lipinski definition) is 1. The number of benzene rings is 2. The van der Waals surface area contributed by atoms with Gasteiger partial charge in [0, 0.05) is 48.7 Å². The largest absolute Gasteiger partial charge is 0.378 e. The number of ether oxygens (including phenoxy) is 1. The molecule has 0 bridgehead atoms. The zero-order chi connectivity index (χ0) is 27.5. The first-order valence-corrected chi connectivity index (χ1v) is 14.5. The summed E-state index contributed by atoms with van der Waals surface area (Å²) in [7, 11) is -3.43. The average molecular weight is 555 g/mol. The van der Waals surface area contributed by atoms with E-state index in [1.165, 1.54) is 6.26 Å². The Morgan fingerprint density at radius 1 is 0.850 bits per heavy atom. The molecule has 40 heavy (non-hydrogen) atoms. The zero-order valence-corrected chi connectivity index (χ0v) is 22.5. The van der Waals surface area contributed by atoms with Crippen LogP contribution in [-0.2, 0) is 14.6 Å². The molecule has 0 aliphatic carbocycles. The Balaban J connectivity index is 1.23. The zero-order valence-electron chi connectivity index (χ0n) is 21.7. The van der Waals surface area contributed by atoms with E-state index in [4.69, 9.17) is 4.74 Å². The highest BCUT2D eigenvalue weighted by Crippen LogP contribution is 2.29. The number of aromatic nitrogens is 6. The fourth-order valence-electron chi connectivity index (χ4n) is 4.36. The number of pyridine rings is 1. The predicted octanol–water partition coefficient (Wildman–Crippen LogP) is 3.77. The number of nitrogens with zero attached hydrogens (tertiary/aromatic N) is 7. The van der Waals surface area contributed by atoms with E-state index >= 15 is 0 Å². The molecule has 12 heteroatoms. The van der Waals surface area contributed by atoms with Crippen molar-refractivity contribution in [3.05, 3.63) is 85.5 Å². The van der Waals surface area contributed by atoms with Gasteiger partial charge in [-0.3, -0.25) is 4.98 Å². The molecule has 202 valence electrons. The average Bonchev–Trinajstić information content (AvgIpc) is 3.49. The highest BCUT2D eigenvalue weighted by Gasteiger charge is 2.18. The Bertz CT molecular complexity index is 1740. The lowest BCUT2D eigenvalue weighted by Gasteiger charge is -2.29. The summed E-state index contributed by atoms with van der Waals surface area (Å²) in [4.78, 5) is 20.0. The van der Waals surface area contributed by atoms with Crippen LogP contribution in [0.15, 0.2) is 90.3 Å². The number of anilines is 3. The van der Waals surface area contributed by atoms with Crippen LogP contribution >= 0.6 is 0 Å². The van der Waals surface area contributed by atoms with Crippen molar-refractivity contribution < 1.29 is 13.2 Å². The molecule has 4 heterocycles. The van der Waals surface area contributed by atoms with Gasteiger partial charge in [-0.15, -0.1) is 5.10 Å². The fraction of sp³-hybridized carbons (Fsp3) is 0.179. The SMILES string of the molecule is CS(=O)(=O)c1cc(-c2ccnc(Nc3ccc(-n4cnc(-c5ccccn5)n4)cc3)n2)cc(N2CCOCC2)c1. The van der Waals surface area contributed by atoms with Gasteiger partial charge in [0.25, 0.3) is 0 Å². The molecule has 1 saturated heterocycles. The van der Waals surface area contributed by atoms with Crippen molar-refractivity contribution in [2.45, 2.75) is 4.90 Å². The first-order chi connectivity index (χ1) is 19.4. The lowest BCUT2D eigenvalue weighted by atomic mass is 10.1. The Labute approximate surface area is 231 Å². The second-order valence-corrected chi connectivity index (χ2v) is 11.3. The van der Waals surface area contributed by atoms with Gasteiger partial charge in [0.2, 0.25) is 5.95 Å². The summed E-state index contributed by atoms with van der Waals surface area (Å²) in [6, 6.07) is 20.3. The molecule has 0 radical (unpaired) electrons. The highest BCUT2D eigenvalue weighted by molar-refractivity contribution is 7.90. The number of rotatable bonds is 7. The van der Waals surface area contributed by atoms with Crippen molar-refractivity contribution in [1.82, 2.24) is 29.7 Å². The molecule has 2 aromatic carbocycles. The third-order valence-corrected chi connectivity index (χ3v) is 7.51. The van der Waals surface area contributed by atoms with Crippen LogP contribution < -0.4 is 10.2 Å². The van der Waals surface area contributed by atoms with E-state index < -0.39 is 9.84 Å². The van der Waals surface area contributed by atoms with Crippen LogP contribution in [-0.4, -0.2) is 70.7 Å². The topological polar surface area (TPSA) is 128 Å². The van der Waals surface area contributed by atoms with Crippen LogP contribution in [0.4, 0.5) is 17.3 Å². The highest BCUT2D eigenvalue weighted by atomic mass is 32.2. The molecule has 0 saturated carbocycles.